The highest BCUT2D eigenvalue weighted by Crippen LogP contribution is 2.23. The van der Waals surface area contributed by atoms with Crippen LogP contribution in [0.5, 0.6) is 0 Å². The lowest BCUT2D eigenvalue weighted by Crippen LogP contribution is -2.60. The highest BCUT2D eigenvalue weighted by atomic mass is 16.7. The van der Waals surface area contributed by atoms with Gasteiger partial charge >= 0.3 is 0 Å². The molecule has 6 N–H and O–H groups in total. The van der Waals surface area contributed by atoms with E-state index in [-0.39, 0.29) is 12.5 Å². The number of hydrogen-bond donors (Lipinski definition) is 6. The van der Waals surface area contributed by atoms with Crippen LogP contribution in [0.25, 0.3) is 0 Å². The van der Waals surface area contributed by atoms with Gasteiger partial charge < -0.3 is 40.3 Å². The van der Waals surface area contributed by atoms with Crippen molar-refractivity contribution in [1.29, 1.82) is 0 Å². The molecule has 1 fully saturated rings. The zero-order valence-electron chi connectivity index (χ0n) is 43.7. The molecule has 0 spiro atoms. The second-order valence-corrected chi connectivity index (χ2v) is 20.8. The van der Waals surface area contributed by atoms with Crippen LogP contribution < -0.4 is 5.32 Å². The van der Waals surface area contributed by atoms with E-state index in [1.165, 1.54) is 238 Å². The van der Waals surface area contributed by atoms with Crippen molar-refractivity contribution in [2.24, 2.45) is 0 Å². The Morgan fingerprint density at radius 1 is 0.455 bits per heavy atom. The SMILES string of the molecule is CCCCCCCCCCCCCCCCCCCCCCCCCCCCCCCCCC(=O)N[C@@H](CO[C@@H]1O[C@H](CO)[C@H](O)C(O)C1O)[C@H](O)CCCCCCCCCCCCCC. The van der Waals surface area contributed by atoms with Gasteiger partial charge in [-0.3, -0.25) is 4.79 Å². The highest BCUT2D eigenvalue weighted by Gasteiger charge is 2.44. The van der Waals surface area contributed by atoms with Crippen LogP contribution in [0.15, 0.2) is 0 Å². The van der Waals surface area contributed by atoms with Crippen molar-refractivity contribution < 1.29 is 39.8 Å². The minimum absolute atomic E-state index is 0.131. The van der Waals surface area contributed by atoms with E-state index in [4.69, 9.17) is 9.47 Å². The molecule has 9 nitrogen and oxygen atoms in total. The molecule has 394 valence electrons. The van der Waals surface area contributed by atoms with Crippen molar-refractivity contribution in [1.82, 2.24) is 5.32 Å². The first-order valence-corrected chi connectivity index (χ1v) is 29.2. The molecule has 1 rings (SSSR count). The maximum absolute atomic E-state index is 13.0. The fourth-order valence-corrected chi connectivity index (χ4v) is 9.81. The van der Waals surface area contributed by atoms with Crippen LogP contribution in [-0.4, -0.2) is 87.5 Å². The number of nitrogens with one attached hydrogen (secondary N) is 1. The predicted octanol–water partition coefficient (Wildman–Crippen LogP) is 14.2. The summed E-state index contributed by atoms with van der Waals surface area (Å²) in [5.41, 5.74) is 0. The van der Waals surface area contributed by atoms with E-state index >= 15 is 0 Å². The Balaban J connectivity index is 2.08. The van der Waals surface area contributed by atoms with Gasteiger partial charge in [-0.15, -0.1) is 0 Å². The second kappa shape index (κ2) is 47.8. The summed E-state index contributed by atoms with van der Waals surface area (Å²) >= 11 is 0. The van der Waals surface area contributed by atoms with Crippen LogP contribution >= 0.6 is 0 Å². The van der Waals surface area contributed by atoms with Crippen LogP contribution in [0, 0.1) is 0 Å². The Bertz CT molecular complexity index is 1000. The van der Waals surface area contributed by atoms with Crippen molar-refractivity contribution >= 4 is 5.91 Å². The largest absolute Gasteiger partial charge is 0.394 e. The fourth-order valence-electron chi connectivity index (χ4n) is 9.81. The number of carbonyl (C=O) groups excluding carboxylic acids is 1. The maximum Gasteiger partial charge on any atom is 0.220 e. The van der Waals surface area contributed by atoms with Gasteiger partial charge in [0.2, 0.25) is 5.91 Å². The van der Waals surface area contributed by atoms with Crippen LogP contribution in [0.2, 0.25) is 0 Å². The summed E-state index contributed by atoms with van der Waals surface area (Å²) in [5, 5.41) is 54.5. The summed E-state index contributed by atoms with van der Waals surface area (Å²) in [7, 11) is 0. The molecule has 9 heteroatoms. The number of aliphatic hydroxyl groups excluding tert-OH is 5. The molecule has 0 bridgehead atoms. The predicted molar refractivity (Wildman–Crippen MR) is 277 cm³/mol. The Morgan fingerprint density at radius 2 is 0.758 bits per heavy atom. The van der Waals surface area contributed by atoms with Crippen molar-refractivity contribution in [2.45, 2.75) is 346 Å². The van der Waals surface area contributed by atoms with Crippen molar-refractivity contribution in [3.63, 3.8) is 0 Å². The van der Waals surface area contributed by atoms with Gasteiger partial charge in [-0.25, -0.2) is 0 Å². The number of ether oxygens (including phenoxy) is 2. The average Bonchev–Trinajstić information content (AvgIpc) is 3.32. The summed E-state index contributed by atoms with van der Waals surface area (Å²) in [6.07, 6.45) is 50.1. The summed E-state index contributed by atoms with van der Waals surface area (Å²) < 4.78 is 11.3. The number of amides is 1. The smallest absolute Gasteiger partial charge is 0.220 e. The minimum Gasteiger partial charge on any atom is -0.394 e. The Labute approximate surface area is 408 Å². The molecular weight excluding hydrogens is 827 g/mol. The second-order valence-electron chi connectivity index (χ2n) is 20.8. The molecule has 1 heterocycles. The third kappa shape index (κ3) is 37.1. The van der Waals surface area contributed by atoms with Gasteiger partial charge in [0.1, 0.15) is 24.4 Å². The lowest BCUT2D eigenvalue weighted by molar-refractivity contribution is -0.302. The average molecular weight is 941 g/mol. The number of aliphatic hydroxyl groups is 5. The van der Waals surface area contributed by atoms with E-state index in [0.717, 1.165) is 38.5 Å². The molecule has 66 heavy (non-hydrogen) atoms. The van der Waals surface area contributed by atoms with Gasteiger partial charge in [0.25, 0.3) is 0 Å². The van der Waals surface area contributed by atoms with E-state index in [2.05, 4.69) is 19.2 Å². The van der Waals surface area contributed by atoms with E-state index in [1.807, 2.05) is 0 Å². The van der Waals surface area contributed by atoms with Crippen LogP contribution in [-0.2, 0) is 14.3 Å². The van der Waals surface area contributed by atoms with Crippen LogP contribution in [0.4, 0.5) is 0 Å². The molecule has 0 aromatic carbocycles. The third-order valence-electron chi connectivity index (χ3n) is 14.5. The summed E-state index contributed by atoms with van der Waals surface area (Å²) in [4.78, 5) is 13.0. The highest BCUT2D eigenvalue weighted by molar-refractivity contribution is 5.76. The normalized spacial score (nSPS) is 19.7. The first-order chi connectivity index (χ1) is 32.3. The molecule has 1 aliphatic heterocycles. The van der Waals surface area contributed by atoms with Gasteiger partial charge in [0.15, 0.2) is 6.29 Å². The van der Waals surface area contributed by atoms with Crippen LogP contribution in [0.3, 0.4) is 0 Å². The van der Waals surface area contributed by atoms with Crippen molar-refractivity contribution in [3.8, 4) is 0 Å². The Hall–Kier alpha value is -0.810. The van der Waals surface area contributed by atoms with Crippen LogP contribution in [0.1, 0.15) is 303 Å². The van der Waals surface area contributed by atoms with E-state index in [0.29, 0.717) is 12.8 Å². The van der Waals surface area contributed by atoms with E-state index in [9.17, 15) is 30.3 Å². The van der Waals surface area contributed by atoms with Gasteiger partial charge in [-0.1, -0.05) is 284 Å². The molecule has 0 aromatic rings. The molecule has 7 atom stereocenters. The van der Waals surface area contributed by atoms with Gasteiger partial charge in [-0.05, 0) is 12.8 Å². The zero-order valence-corrected chi connectivity index (χ0v) is 43.7. The van der Waals surface area contributed by atoms with E-state index in [1.54, 1.807) is 0 Å². The quantitative estimate of drug-likeness (QED) is 0.0330. The summed E-state index contributed by atoms with van der Waals surface area (Å²) in [5.74, 6) is -0.137. The molecule has 0 aromatic heterocycles. The molecular formula is C57H113NO8. The number of rotatable bonds is 51. The number of carbonyl (C=O) groups is 1. The minimum atomic E-state index is -1.55. The first kappa shape index (κ1) is 63.2. The first-order valence-electron chi connectivity index (χ1n) is 29.2. The molecule has 2 unspecified atom stereocenters. The standard InChI is InChI=1S/C57H113NO8/c1-3-5-7-9-11-13-15-17-18-19-20-21-22-23-24-25-26-27-28-29-30-31-32-33-34-35-37-39-41-43-45-47-53(61)58-50(49-65-57-56(64)55(63)54(62)52(48-59)66-57)51(60)46-44-42-40-38-36-16-14-12-10-8-6-4-2/h50-52,54-57,59-60,62-64H,3-49H2,1-2H3,(H,58,61)/t50-,51+,52+,54-,55?,56?,57+/m0/s1. The Morgan fingerprint density at radius 3 is 1.08 bits per heavy atom. The summed E-state index contributed by atoms with van der Waals surface area (Å²) in [6.45, 7) is 3.87. The zero-order chi connectivity index (χ0) is 48.0. The number of unbranched alkanes of at least 4 members (excludes halogenated alkanes) is 41. The molecule has 0 saturated carbocycles. The lowest BCUT2D eigenvalue weighted by Gasteiger charge is -2.40. The molecule has 1 amide bonds. The topological polar surface area (TPSA) is 149 Å². The third-order valence-corrected chi connectivity index (χ3v) is 14.5. The molecule has 0 aliphatic carbocycles. The summed E-state index contributed by atoms with van der Waals surface area (Å²) in [6, 6.07) is -0.712. The number of hydrogen-bond acceptors (Lipinski definition) is 8. The molecule has 1 aliphatic rings. The fraction of sp³-hybridized carbons (Fsp3) is 0.982. The monoisotopic (exact) mass is 940 g/mol. The van der Waals surface area contributed by atoms with Crippen molar-refractivity contribution in [3.05, 3.63) is 0 Å². The molecule has 1 saturated heterocycles. The Kier molecular flexibility index (Phi) is 45.8. The lowest BCUT2D eigenvalue weighted by atomic mass is 9.99. The van der Waals surface area contributed by atoms with Gasteiger partial charge in [0.05, 0.1) is 25.4 Å². The maximum atomic E-state index is 13.0. The van der Waals surface area contributed by atoms with Gasteiger partial charge in [0, 0.05) is 6.42 Å². The van der Waals surface area contributed by atoms with Crippen molar-refractivity contribution in [2.75, 3.05) is 13.2 Å². The van der Waals surface area contributed by atoms with E-state index < -0.39 is 49.5 Å². The molecule has 0 radical (unpaired) electrons. The van der Waals surface area contributed by atoms with Gasteiger partial charge in [-0.2, -0.15) is 0 Å².